The topological polar surface area (TPSA) is 87.6 Å². The maximum Gasteiger partial charge on any atom is 0.269 e. The lowest BCUT2D eigenvalue weighted by Gasteiger charge is -2.24. The number of aromatic nitrogens is 2. The van der Waals surface area contributed by atoms with Gasteiger partial charge in [0.05, 0.1) is 35.2 Å². The Hall–Kier alpha value is -5.44. The van der Waals surface area contributed by atoms with Crippen LogP contribution >= 0.6 is 12.2 Å². The molecule has 0 saturated carbocycles. The SMILES string of the molecule is O=C(Nc1ccc2nc3c4ccccc4c4ccccc4c3nc2c1)c1ccc(OC(=S)N(CCO)c2ccccc2)cc1. The van der Waals surface area contributed by atoms with Crippen LogP contribution < -0.4 is 15.0 Å². The van der Waals surface area contributed by atoms with Crippen molar-refractivity contribution in [3.63, 3.8) is 0 Å². The number of aliphatic hydroxyl groups excluding tert-OH is 1. The summed E-state index contributed by atoms with van der Waals surface area (Å²) in [6.45, 7) is 0.212. The van der Waals surface area contributed by atoms with Gasteiger partial charge < -0.3 is 20.1 Å². The summed E-state index contributed by atoms with van der Waals surface area (Å²) in [6.07, 6.45) is 0. The number of carbonyl (C=O) groups is 1. The molecule has 0 aliphatic heterocycles. The Balaban J connectivity index is 1.13. The number of benzene rings is 6. The van der Waals surface area contributed by atoms with Crippen LogP contribution in [0.15, 0.2) is 121 Å². The second-order valence-electron chi connectivity index (χ2n) is 10.3. The molecule has 7 rings (SSSR count). The molecule has 6 aromatic carbocycles. The van der Waals surface area contributed by atoms with Crippen molar-refractivity contribution in [3.8, 4) is 5.75 Å². The zero-order valence-corrected chi connectivity index (χ0v) is 24.3. The number of carbonyl (C=O) groups excluding carboxylic acids is 1. The van der Waals surface area contributed by atoms with Crippen LogP contribution in [0.5, 0.6) is 5.75 Å². The van der Waals surface area contributed by atoms with E-state index in [9.17, 15) is 9.90 Å². The van der Waals surface area contributed by atoms with Gasteiger partial charge in [-0.2, -0.15) is 0 Å². The van der Waals surface area contributed by atoms with Gasteiger partial charge in [-0.1, -0.05) is 66.7 Å². The van der Waals surface area contributed by atoms with Crippen LogP contribution in [0.25, 0.3) is 43.6 Å². The Morgan fingerprint density at radius 3 is 1.95 bits per heavy atom. The van der Waals surface area contributed by atoms with Crippen molar-refractivity contribution in [3.05, 3.63) is 127 Å². The number of fused-ring (bicyclic) bond motifs is 7. The molecule has 0 radical (unpaired) electrons. The highest BCUT2D eigenvalue weighted by Gasteiger charge is 2.15. The predicted molar refractivity (Wildman–Crippen MR) is 181 cm³/mol. The Kier molecular flexibility index (Phi) is 7.27. The molecule has 7 aromatic rings. The number of hydrogen-bond donors (Lipinski definition) is 2. The minimum absolute atomic E-state index is 0.0818. The van der Waals surface area contributed by atoms with Gasteiger partial charge >= 0.3 is 0 Å². The molecule has 0 aliphatic carbocycles. The first kappa shape index (κ1) is 27.4. The highest BCUT2D eigenvalue weighted by molar-refractivity contribution is 7.80. The molecule has 0 aliphatic rings. The van der Waals surface area contributed by atoms with Crippen LogP contribution in [0.3, 0.4) is 0 Å². The fourth-order valence-electron chi connectivity index (χ4n) is 5.42. The molecular weight excluding hydrogens is 568 g/mol. The highest BCUT2D eigenvalue weighted by atomic mass is 32.1. The van der Waals surface area contributed by atoms with E-state index in [0.717, 1.165) is 43.8 Å². The number of nitrogens with zero attached hydrogens (tertiary/aromatic N) is 3. The van der Waals surface area contributed by atoms with Gasteiger partial charge in [-0.3, -0.25) is 4.79 Å². The van der Waals surface area contributed by atoms with Crippen LogP contribution in [0.1, 0.15) is 10.4 Å². The summed E-state index contributed by atoms with van der Waals surface area (Å²) in [5, 5.41) is 17.0. The summed E-state index contributed by atoms with van der Waals surface area (Å²) in [5.41, 5.74) is 5.02. The smallest absolute Gasteiger partial charge is 0.269 e. The molecule has 0 unspecified atom stereocenters. The van der Waals surface area contributed by atoms with E-state index in [1.807, 2.05) is 72.8 Å². The largest absolute Gasteiger partial charge is 0.432 e. The summed E-state index contributed by atoms with van der Waals surface area (Å²) >= 11 is 5.50. The number of thiocarbonyl (C=S) groups is 1. The van der Waals surface area contributed by atoms with E-state index in [0.29, 0.717) is 29.1 Å². The quantitative estimate of drug-likeness (QED) is 0.117. The zero-order chi connectivity index (χ0) is 30.0. The van der Waals surface area contributed by atoms with Gasteiger partial charge in [-0.05, 0) is 77.6 Å². The minimum Gasteiger partial charge on any atom is -0.432 e. The van der Waals surface area contributed by atoms with E-state index >= 15 is 0 Å². The van der Waals surface area contributed by atoms with Crippen LogP contribution in [-0.4, -0.2) is 39.3 Å². The van der Waals surface area contributed by atoms with Crippen molar-refractivity contribution in [2.75, 3.05) is 23.4 Å². The van der Waals surface area contributed by atoms with E-state index in [1.165, 1.54) is 0 Å². The monoisotopic (exact) mass is 594 g/mol. The zero-order valence-electron chi connectivity index (χ0n) is 23.5. The Bertz CT molecular complexity index is 2190. The second-order valence-corrected chi connectivity index (χ2v) is 10.6. The van der Waals surface area contributed by atoms with Crippen molar-refractivity contribution in [2.24, 2.45) is 0 Å². The third-order valence-corrected chi connectivity index (χ3v) is 7.81. The van der Waals surface area contributed by atoms with E-state index in [1.54, 1.807) is 29.2 Å². The van der Waals surface area contributed by atoms with Crippen LogP contribution in [-0.2, 0) is 0 Å². The number of hydrogen-bond acceptors (Lipinski definition) is 6. The minimum atomic E-state index is -0.269. The van der Waals surface area contributed by atoms with Crippen LogP contribution in [0.2, 0.25) is 0 Å². The number of nitrogens with one attached hydrogen (secondary N) is 1. The highest BCUT2D eigenvalue weighted by Crippen LogP contribution is 2.34. The molecule has 2 N–H and O–H groups in total. The van der Waals surface area contributed by atoms with Crippen molar-refractivity contribution in [1.82, 2.24) is 9.97 Å². The molecule has 1 aromatic heterocycles. The van der Waals surface area contributed by atoms with Gasteiger partial charge in [0.1, 0.15) is 5.75 Å². The number of aliphatic hydroxyl groups is 1. The molecular formula is C36H26N4O3S. The number of rotatable bonds is 6. The normalized spacial score (nSPS) is 11.2. The van der Waals surface area contributed by atoms with E-state index in [2.05, 4.69) is 29.6 Å². The van der Waals surface area contributed by atoms with Gasteiger partial charge in [-0.15, -0.1) is 0 Å². The number of anilines is 2. The average Bonchev–Trinajstić information content (AvgIpc) is 3.07. The molecule has 0 fully saturated rings. The van der Waals surface area contributed by atoms with E-state index < -0.39 is 0 Å². The summed E-state index contributed by atoms with van der Waals surface area (Å²) in [6, 6.07) is 38.3. The molecule has 8 heteroatoms. The van der Waals surface area contributed by atoms with Gasteiger partial charge in [0, 0.05) is 27.7 Å². The first-order chi connectivity index (χ1) is 21.6. The molecule has 0 bridgehead atoms. The third-order valence-electron chi connectivity index (χ3n) is 7.51. The average molecular weight is 595 g/mol. The molecule has 214 valence electrons. The van der Waals surface area contributed by atoms with Crippen molar-refractivity contribution in [2.45, 2.75) is 0 Å². The predicted octanol–water partition coefficient (Wildman–Crippen LogP) is 7.50. The summed E-state index contributed by atoms with van der Waals surface area (Å²) in [7, 11) is 0. The van der Waals surface area contributed by atoms with Gasteiger partial charge in [0.25, 0.3) is 11.1 Å². The Labute approximate surface area is 258 Å². The lowest BCUT2D eigenvalue weighted by Crippen LogP contribution is -2.35. The van der Waals surface area contributed by atoms with Gasteiger partial charge in [0.2, 0.25) is 0 Å². The van der Waals surface area contributed by atoms with Crippen molar-refractivity contribution < 1.29 is 14.6 Å². The lowest BCUT2D eigenvalue weighted by molar-refractivity contribution is 0.102. The lowest BCUT2D eigenvalue weighted by atomic mass is 9.99. The molecule has 0 spiro atoms. The maximum absolute atomic E-state index is 13.1. The van der Waals surface area contributed by atoms with Gasteiger partial charge in [0.15, 0.2) is 0 Å². The molecule has 1 amide bonds. The first-order valence-electron chi connectivity index (χ1n) is 14.2. The Morgan fingerprint density at radius 1 is 0.727 bits per heavy atom. The molecule has 1 heterocycles. The standard InChI is InChI=1S/C36H26N4O3S/c41-21-20-40(25-8-2-1-3-9-25)36(44)43-26-17-14-23(15-18-26)35(42)37-24-16-19-31-32(22-24)39-34-30-13-7-5-11-28(30)27-10-4-6-12-29(27)33(34)38-31/h1-19,22,41H,20-21H2,(H,37,42). The molecule has 0 saturated heterocycles. The van der Waals surface area contributed by atoms with Gasteiger partial charge in [-0.25, -0.2) is 9.97 Å². The molecule has 44 heavy (non-hydrogen) atoms. The van der Waals surface area contributed by atoms with Crippen molar-refractivity contribution in [1.29, 1.82) is 0 Å². The fourth-order valence-corrected chi connectivity index (χ4v) is 5.72. The number of amides is 1. The van der Waals surface area contributed by atoms with E-state index in [4.69, 9.17) is 26.9 Å². The van der Waals surface area contributed by atoms with E-state index in [-0.39, 0.29) is 17.7 Å². The molecule has 0 atom stereocenters. The molecule has 7 nitrogen and oxygen atoms in total. The van der Waals surface area contributed by atoms with Crippen LogP contribution in [0.4, 0.5) is 11.4 Å². The maximum atomic E-state index is 13.1. The van der Waals surface area contributed by atoms with Crippen LogP contribution in [0, 0.1) is 0 Å². The third kappa shape index (κ3) is 5.17. The summed E-state index contributed by atoms with van der Waals surface area (Å²) < 4.78 is 5.88. The summed E-state index contributed by atoms with van der Waals surface area (Å²) in [4.78, 5) is 24.9. The van der Waals surface area contributed by atoms with Crippen molar-refractivity contribution >= 4 is 78.3 Å². The summed E-state index contributed by atoms with van der Waals surface area (Å²) in [5.74, 6) is 0.216. The second kappa shape index (κ2) is 11.7. The number of ether oxygens (including phenoxy) is 1. The number of para-hydroxylation sites is 1. The fraction of sp³-hybridized carbons (Fsp3) is 0.0556. The Morgan fingerprint density at radius 2 is 1.32 bits per heavy atom. The first-order valence-corrected chi connectivity index (χ1v) is 14.6.